The van der Waals surface area contributed by atoms with E-state index in [-0.39, 0.29) is 18.3 Å². The number of morpholine rings is 1. The molecule has 0 bridgehead atoms. The van der Waals surface area contributed by atoms with Gasteiger partial charge in [-0.05, 0) is 32.2 Å². The molecule has 0 aromatic heterocycles. The van der Waals surface area contributed by atoms with Crippen LogP contribution in [0.4, 0.5) is 0 Å². The van der Waals surface area contributed by atoms with Crippen LogP contribution < -0.4 is 5.73 Å². The molecule has 102 valence electrons. The van der Waals surface area contributed by atoms with Gasteiger partial charge in [0.1, 0.15) is 0 Å². The van der Waals surface area contributed by atoms with E-state index in [0.717, 1.165) is 26.2 Å². The molecule has 3 N–H and O–H groups in total. The lowest BCUT2D eigenvalue weighted by molar-refractivity contribution is -0.151. The minimum atomic E-state index is -0.179. The van der Waals surface area contributed by atoms with E-state index >= 15 is 0 Å². The molecule has 0 amide bonds. The van der Waals surface area contributed by atoms with E-state index in [4.69, 9.17) is 10.5 Å². The van der Waals surface area contributed by atoms with Crippen LogP contribution in [0.2, 0.25) is 0 Å². The Morgan fingerprint density at radius 3 is 2.59 bits per heavy atom. The van der Waals surface area contributed by atoms with Crippen molar-refractivity contribution in [1.29, 1.82) is 0 Å². The molecule has 4 heteroatoms. The van der Waals surface area contributed by atoms with Crippen LogP contribution in [0.5, 0.6) is 0 Å². The number of rotatable bonds is 5. The maximum atomic E-state index is 9.27. The lowest BCUT2D eigenvalue weighted by Crippen LogP contribution is -2.55. The Morgan fingerprint density at radius 1 is 1.47 bits per heavy atom. The summed E-state index contributed by atoms with van der Waals surface area (Å²) < 4.78 is 5.81. The van der Waals surface area contributed by atoms with Crippen LogP contribution in [0.25, 0.3) is 0 Å². The van der Waals surface area contributed by atoms with E-state index in [1.165, 1.54) is 0 Å². The number of ether oxygens (including phenoxy) is 1. The van der Waals surface area contributed by atoms with Crippen molar-refractivity contribution in [2.45, 2.75) is 39.4 Å². The summed E-state index contributed by atoms with van der Waals surface area (Å²) in [6.45, 7) is 12.1. The van der Waals surface area contributed by atoms with E-state index in [9.17, 15) is 5.11 Å². The fraction of sp³-hybridized carbons (Fsp3) is 1.00. The lowest BCUT2D eigenvalue weighted by Gasteiger charge is -2.43. The lowest BCUT2D eigenvalue weighted by atomic mass is 9.94. The quantitative estimate of drug-likeness (QED) is 0.747. The zero-order valence-electron chi connectivity index (χ0n) is 11.6. The summed E-state index contributed by atoms with van der Waals surface area (Å²) in [6, 6.07) is 0. The zero-order valence-corrected chi connectivity index (χ0v) is 11.6. The van der Waals surface area contributed by atoms with Gasteiger partial charge in [0.2, 0.25) is 0 Å². The molecular weight excluding hydrogens is 216 g/mol. The van der Waals surface area contributed by atoms with Gasteiger partial charge in [-0.15, -0.1) is 0 Å². The fourth-order valence-electron chi connectivity index (χ4n) is 2.54. The van der Waals surface area contributed by atoms with Crippen molar-refractivity contribution >= 4 is 0 Å². The zero-order chi connectivity index (χ0) is 13.1. The summed E-state index contributed by atoms with van der Waals surface area (Å²) in [4.78, 5) is 2.38. The van der Waals surface area contributed by atoms with Gasteiger partial charge in [-0.25, -0.2) is 0 Å². The highest BCUT2D eigenvalue weighted by atomic mass is 16.5. The second kappa shape index (κ2) is 6.14. The first-order chi connectivity index (χ1) is 7.88. The predicted octanol–water partition coefficient (Wildman–Crippen LogP) is 0.689. The Balaban J connectivity index is 2.57. The fourth-order valence-corrected chi connectivity index (χ4v) is 2.54. The summed E-state index contributed by atoms with van der Waals surface area (Å²) in [7, 11) is 0. The maximum absolute atomic E-state index is 9.27. The number of aliphatic hydroxyl groups is 1. The molecule has 0 aromatic carbocycles. The van der Waals surface area contributed by atoms with Crippen molar-refractivity contribution in [2.24, 2.45) is 17.6 Å². The molecule has 0 spiro atoms. The van der Waals surface area contributed by atoms with Gasteiger partial charge in [-0.1, -0.05) is 13.8 Å². The van der Waals surface area contributed by atoms with Gasteiger partial charge in [0.15, 0.2) is 0 Å². The van der Waals surface area contributed by atoms with Crippen molar-refractivity contribution in [3.63, 3.8) is 0 Å². The molecule has 1 saturated heterocycles. The first-order valence-electron chi connectivity index (χ1n) is 6.59. The first-order valence-corrected chi connectivity index (χ1v) is 6.59. The molecule has 0 aliphatic carbocycles. The Morgan fingerprint density at radius 2 is 2.12 bits per heavy atom. The second-order valence-electron chi connectivity index (χ2n) is 6.12. The van der Waals surface area contributed by atoms with Gasteiger partial charge < -0.3 is 15.6 Å². The normalized spacial score (nSPS) is 27.4. The van der Waals surface area contributed by atoms with Gasteiger partial charge >= 0.3 is 0 Å². The minimum Gasteiger partial charge on any atom is -0.394 e. The molecule has 4 nitrogen and oxygen atoms in total. The van der Waals surface area contributed by atoms with Crippen LogP contribution in [0.1, 0.15) is 27.7 Å². The highest BCUT2D eigenvalue weighted by Gasteiger charge is 2.33. The van der Waals surface area contributed by atoms with E-state index in [1.54, 1.807) is 0 Å². The average molecular weight is 244 g/mol. The van der Waals surface area contributed by atoms with Gasteiger partial charge in [0.25, 0.3) is 0 Å². The van der Waals surface area contributed by atoms with E-state index in [2.05, 4.69) is 32.6 Å². The molecule has 17 heavy (non-hydrogen) atoms. The van der Waals surface area contributed by atoms with Crippen molar-refractivity contribution in [3.8, 4) is 0 Å². The van der Waals surface area contributed by atoms with Crippen LogP contribution in [0.15, 0.2) is 0 Å². The smallest absolute Gasteiger partial charge is 0.0940 e. The molecule has 1 rings (SSSR count). The van der Waals surface area contributed by atoms with E-state index < -0.39 is 0 Å². The van der Waals surface area contributed by atoms with Crippen molar-refractivity contribution in [1.82, 2.24) is 4.90 Å². The van der Waals surface area contributed by atoms with E-state index in [0.29, 0.717) is 11.8 Å². The van der Waals surface area contributed by atoms with Gasteiger partial charge in [-0.2, -0.15) is 0 Å². The van der Waals surface area contributed by atoms with Crippen LogP contribution in [-0.2, 0) is 4.74 Å². The summed E-state index contributed by atoms with van der Waals surface area (Å²) in [5.41, 5.74) is 5.64. The van der Waals surface area contributed by atoms with Gasteiger partial charge in [0.05, 0.1) is 18.3 Å². The number of hydrogen-bond donors (Lipinski definition) is 2. The molecule has 1 aliphatic rings. The number of hydrogen-bond acceptors (Lipinski definition) is 4. The number of nitrogens with two attached hydrogens (primary N) is 1. The summed E-state index contributed by atoms with van der Waals surface area (Å²) >= 11 is 0. The molecule has 2 unspecified atom stereocenters. The third-order valence-electron chi connectivity index (χ3n) is 3.49. The molecule has 1 heterocycles. The molecular formula is C13H28N2O2. The number of nitrogens with zero attached hydrogens (tertiary/aromatic N) is 1. The van der Waals surface area contributed by atoms with E-state index in [1.807, 2.05) is 0 Å². The third-order valence-corrected chi connectivity index (χ3v) is 3.49. The molecule has 0 radical (unpaired) electrons. The SMILES string of the molecule is CC(C)C(CN)CN1CC(CO)OC(C)(C)C1. The van der Waals surface area contributed by atoms with Crippen LogP contribution in [-0.4, -0.2) is 54.5 Å². The summed E-state index contributed by atoms with van der Waals surface area (Å²) in [5.74, 6) is 1.11. The van der Waals surface area contributed by atoms with Crippen molar-refractivity contribution < 1.29 is 9.84 Å². The highest BCUT2D eigenvalue weighted by molar-refractivity contribution is 4.85. The molecule has 0 saturated carbocycles. The largest absolute Gasteiger partial charge is 0.394 e. The van der Waals surface area contributed by atoms with Crippen LogP contribution >= 0.6 is 0 Å². The number of aliphatic hydroxyl groups excluding tert-OH is 1. The minimum absolute atomic E-state index is 0.0654. The Kier molecular flexibility index (Phi) is 5.38. The summed E-state index contributed by atoms with van der Waals surface area (Å²) in [6.07, 6.45) is -0.0654. The van der Waals surface area contributed by atoms with Crippen molar-refractivity contribution in [2.75, 3.05) is 32.8 Å². The Hall–Kier alpha value is -0.160. The van der Waals surface area contributed by atoms with Crippen molar-refractivity contribution in [3.05, 3.63) is 0 Å². The van der Waals surface area contributed by atoms with Crippen LogP contribution in [0, 0.1) is 11.8 Å². The standard InChI is InChI=1S/C13H28N2O2/c1-10(2)11(5-14)6-15-7-12(8-16)17-13(3,4)9-15/h10-12,16H,5-9,14H2,1-4H3. The van der Waals surface area contributed by atoms with Gasteiger partial charge in [0, 0.05) is 19.6 Å². The Labute approximate surface area is 105 Å². The molecule has 1 fully saturated rings. The monoisotopic (exact) mass is 244 g/mol. The van der Waals surface area contributed by atoms with Gasteiger partial charge in [-0.3, -0.25) is 4.90 Å². The maximum Gasteiger partial charge on any atom is 0.0940 e. The Bertz CT molecular complexity index is 231. The van der Waals surface area contributed by atoms with Crippen LogP contribution in [0.3, 0.4) is 0 Å². The molecule has 1 aliphatic heterocycles. The molecule has 0 aromatic rings. The predicted molar refractivity (Wildman–Crippen MR) is 69.9 cm³/mol. The third kappa shape index (κ3) is 4.54. The average Bonchev–Trinajstić information content (AvgIpc) is 2.23. The topological polar surface area (TPSA) is 58.7 Å². The highest BCUT2D eigenvalue weighted by Crippen LogP contribution is 2.22. The first kappa shape index (κ1) is 14.9. The summed E-state index contributed by atoms with van der Waals surface area (Å²) in [5, 5.41) is 9.27. The second-order valence-corrected chi connectivity index (χ2v) is 6.12. The molecule has 2 atom stereocenters.